The Morgan fingerprint density at radius 1 is 1.18 bits per heavy atom. The molecule has 1 spiro atoms. The van der Waals surface area contributed by atoms with Gasteiger partial charge in [-0.1, -0.05) is 12.2 Å². The summed E-state index contributed by atoms with van der Waals surface area (Å²) >= 11 is 0. The highest BCUT2D eigenvalue weighted by Crippen LogP contribution is 2.52. The van der Waals surface area contributed by atoms with Crippen LogP contribution in [0.4, 0.5) is 11.4 Å². The third kappa shape index (κ3) is 4.16. The Morgan fingerprint density at radius 2 is 1.94 bits per heavy atom. The van der Waals surface area contributed by atoms with Gasteiger partial charge in [-0.15, -0.1) is 0 Å². The van der Waals surface area contributed by atoms with Crippen molar-refractivity contribution in [1.82, 2.24) is 10.2 Å². The zero-order valence-electron chi connectivity index (χ0n) is 18.8. The Kier molecular flexibility index (Phi) is 5.94. The van der Waals surface area contributed by atoms with Crippen LogP contribution in [-0.4, -0.2) is 80.3 Å². The minimum atomic E-state index is -0.756. The smallest absolute Gasteiger partial charge is 0.234 e. The van der Waals surface area contributed by atoms with Crippen molar-refractivity contribution in [2.45, 2.75) is 25.0 Å². The Bertz CT molecular complexity index is 958. The van der Waals surface area contributed by atoms with Gasteiger partial charge in [-0.25, -0.2) is 0 Å². The summed E-state index contributed by atoms with van der Waals surface area (Å²) in [6, 6.07) is 7.14. The Labute approximate surface area is 193 Å². The van der Waals surface area contributed by atoms with E-state index >= 15 is 0 Å². The fraction of sp³-hybridized carbons (Fsp3) is 0.542. The predicted octanol–water partition coefficient (Wildman–Crippen LogP) is 0.770. The number of rotatable bonds is 7. The highest BCUT2D eigenvalue weighted by Gasteiger charge is 2.67. The van der Waals surface area contributed by atoms with Crippen molar-refractivity contribution in [2.24, 2.45) is 11.8 Å². The number of morpholine rings is 1. The van der Waals surface area contributed by atoms with E-state index in [2.05, 4.69) is 15.5 Å². The molecule has 33 heavy (non-hydrogen) atoms. The van der Waals surface area contributed by atoms with Crippen LogP contribution in [0.5, 0.6) is 0 Å². The summed E-state index contributed by atoms with van der Waals surface area (Å²) in [5, 5.41) is 5.76. The number of hydrogen-bond donors (Lipinski definition) is 2. The molecular formula is C24H30N4O5. The monoisotopic (exact) mass is 454 g/mol. The predicted molar refractivity (Wildman–Crippen MR) is 122 cm³/mol. The fourth-order valence-corrected chi connectivity index (χ4v) is 5.40. The molecule has 0 unspecified atom stereocenters. The number of nitrogens with one attached hydrogen (secondary N) is 2. The van der Waals surface area contributed by atoms with Gasteiger partial charge in [0, 0.05) is 37.9 Å². The first kappa shape index (κ1) is 22.1. The van der Waals surface area contributed by atoms with E-state index in [-0.39, 0.29) is 23.8 Å². The minimum absolute atomic E-state index is 0.0948. The van der Waals surface area contributed by atoms with Gasteiger partial charge in [0.2, 0.25) is 17.7 Å². The Morgan fingerprint density at radius 3 is 2.67 bits per heavy atom. The number of nitrogens with zero attached hydrogens (tertiary/aromatic N) is 2. The van der Waals surface area contributed by atoms with Crippen LogP contribution in [0.15, 0.2) is 36.4 Å². The molecule has 5 rings (SSSR count). The molecule has 3 fully saturated rings. The molecule has 4 atom stereocenters. The Balaban J connectivity index is 1.22. The Hall–Kier alpha value is -2.75. The zero-order chi connectivity index (χ0) is 23.0. The molecule has 3 saturated heterocycles. The van der Waals surface area contributed by atoms with E-state index in [0.29, 0.717) is 18.8 Å². The van der Waals surface area contributed by atoms with Gasteiger partial charge in [-0.3, -0.25) is 19.3 Å². The largest absolute Gasteiger partial charge is 0.379 e. The van der Waals surface area contributed by atoms with Gasteiger partial charge in [0.25, 0.3) is 0 Å². The topological polar surface area (TPSA) is 100 Å². The number of fused-ring (bicyclic) bond motifs is 1. The SMILES string of the molecule is CC(=O)Nc1ccc(N2C[C@]34C=C[C@@H](O3)[C@@H](C(=O)NCCCN3CCOCC3)[C@H]4C2=O)cc1. The van der Waals surface area contributed by atoms with Crippen LogP contribution in [0, 0.1) is 11.8 Å². The van der Waals surface area contributed by atoms with E-state index in [1.807, 2.05) is 12.2 Å². The summed E-state index contributed by atoms with van der Waals surface area (Å²) in [6.07, 6.45) is 4.37. The van der Waals surface area contributed by atoms with Crippen LogP contribution in [0.25, 0.3) is 0 Å². The normalized spacial score (nSPS) is 30.5. The standard InChI is InChI=1S/C24H30N4O5/c1-16(29)26-17-3-5-18(6-4-17)28-15-24-8-7-19(33-24)20(21(24)23(28)31)22(30)25-9-2-10-27-11-13-32-14-12-27/h3-8,19-21H,2,9-15H2,1H3,(H,25,30)(H,26,29)/t19-,20-,21+,24+/m1/s1. The highest BCUT2D eigenvalue weighted by atomic mass is 16.5. The molecule has 0 aromatic heterocycles. The van der Waals surface area contributed by atoms with Gasteiger partial charge in [-0.2, -0.15) is 0 Å². The fourth-order valence-electron chi connectivity index (χ4n) is 5.40. The summed E-state index contributed by atoms with van der Waals surface area (Å²) in [5.41, 5.74) is 0.638. The van der Waals surface area contributed by atoms with Crippen LogP contribution in [-0.2, 0) is 23.9 Å². The molecule has 1 aromatic carbocycles. The van der Waals surface area contributed by atoms with Gasteiger partial charge in [0.1, 0.15) is 5.60 Å². The van der Waals surface area contributed by atoms with E-state index in [9.17, 15) is 14.4 Å². The molecule has 2 bridgehead atoms. The van der Waals surface area contributed by atoms with E-state index in [0.717, 1.165) is 45.0 Å². The van der Waals surface area contributed by atoms with E-state index in [1.54, 1.807) is 29.2 Å². The number of anilines is 2. The molecule has 2 N–H and O–H groups in total. The van der Waals surface area contributed by atoms with Crippen molar-refractivity contribution in [1.29, 1.82) is 0 Å². The van der Waals surface area contributed by atoms with Gasteiger partial charge in [0.15, 0.2) is 0 Å². The summed E-state index contributed by atoms with van der Waals surface area (Å²) < 4.78 is 11.6. The summed E-state index contributed by atoms with van der Waals surface area (Å²) in [7, 11) is 0. The van der Waals surface area contributed by atoms with Crippen LogP contribution in [0.3, 0.4) is 0 Å². The first-order chi connectivity index (χ1) is 16.0. The van der Waals surface area contributed by atoms with Crippen molar-refractivity contribution in [3.63, 3.8) is 0 Å². The second-order valence-electron chi connectivity index (χ2n) is 9.15. The van der Waals surface area contributed by atoms with E-state index in [1.165, 1.54) is 6.92 Å². The molecule has 4 aliphatic heterocycles. The molecule has 0 saturated carbocycles. The zero-order valence-corrected chi connectivity index (χ0v) is 18.8. The van der Waals surface area contributed by atoms with Crippen molar-refractivity contribution in [2.75, 3.05) is 56.2 Å². The molecule has 0 aliphatic carbocycles. The lowest BCUT2D eigenvalue weighted by molar-refractivity contribution is -0.131. The van der Waals surface area contributed by atoms with E-state index < -0.39 is 17.4 Å². The van der Waals surface area contributed by atoms with Gasteiger partial charge >= 0.3 is 0 Å². The van der Waals surface area contributed by atoms with Crippen LogP contribution < -0.4 is 15.5 Å². The number of ether oxygens (including phenoxy) is 2. The second kappa shape index (κ2) is 8.89. The van der Waals surface area contributed by atoms with Crippen molar-refractivity contribution >= 4 is 29.1 Å². The third-order valence-electron chi connectivity index (χ3n) is 6.96. The van der Waals surface area contributed by atoms with Crippen LogP contribution in [0.2, 0.25) is 0 Å². The molecule has 4 heterocycles. The van der Waals surface area contributed by atoms with Crippen LogP contribution >= 0.6 is 0 Å². The van der Waals surface area contributed by atoms with Crippen LogP contribution in [0.1, 0.15) is 13.3 Å². The molecule has 3 amide bonds. The average molecular weight is 455 g/mol. The summed E-state index contributed by atoms with van der Waals surface area (Å²) in [5.74, 6) is -1.41. The molecule has 9 heteroatoms. The lowest BCUT2D eigenvalue weighted by Crippen LogP contribution is -2.45. The average Bonchev–Trinajstić information content (AvgIpc) is 3.46. The molecule has 0 radical (unpaired) electrons. The molecule has 4 aliphatic rings. The number of hydrogen-bond acceptors (Lipinski definition) is 6. The van der Waals surface area contributed by atoms with Crippen molar-refractivity contribution in [3.05, 3.63) is 36.4 Å². The number of carbonyl (C=O) groups excluding carboxylic acids is 3. The minimum Gasteiger partial charge on any atom is -0.379 e. The first-order valence-corrected chi connectivity index (χ1v) is 11.6. The quantitative estimate of drug-likeness (QED) is 0.466. The number of amides is 3. The maximum Gasteiger partial charge on any atom is 0.234 e. The summed E-state index contributed by atoms with van der Waals surface area (Å²) in [4.78, 5) is 41.8. The maximum absolute atomic E-state index is 13.4. The molecule has 1 aromatic rings. The summed E-state index contributed by atoms with van der Waals surface area (Å²) in [6.45, 7) is 6.70. The van der Waals surface area contributed by atoms with Crippen molar-refractivity contribution < 1.29 is 23.9 Å². The van der Waals surface area contributed by atoms with Gasteiger partial charge in [0.05, 0.1) is 37.7 Å². The lowest BCUT2D eigenvalue weighted by Gasteiger charge is -2.27. The molecule has 176 valence electrons. The number of carbonyl (C=O) groups is 3. The molecular weight excluding hydrogens is 424 g/mol. The van der Waals surface area contributed by atoms with E-state index in [4.69, 9.17) is 9.47 Å². The number of benzene rings is 1. The first-order valence-electron chi connectivity index (χ1n) is 11.6. The maximum atomic E-state index is 13.4. The molecule has 9 nitrogen and oxygen atoms in total. The highest BCUT2D eigenvalue weighted by molar-refractivity contribution is 6.03. The van der Waals surface area contributed by atoms with Gasteiger partial charge in [-0.05, 0) is 37.2 Å². The van der Waals surface area contributed by atoms with Crippen molar-refractivity contribution in [3.8, 4) is 0 Å². The second-order valence-corrected chi connectivity index (χ2v) is 9.15. The van der Waals surface area contributed by atoms with Gasteiger partial charge < -0.3 is 25.0 Å². The lowest BCUT2D eigenvalue weighted by atomic mass is 9.77. The third-order valence-corrected chi connectivity index (χ3v) is 6.96.